The summed E-state index contributed by atoms with van der Waals surface area (Å²) >= 11 is 0. The quantitative estimate of drug-likeness (QED) is 0.520. The molecule has 1 aromatic rings. The van der Waals surface area contributed by atoms with Gasteiger partial charge in [0.25, 0.3) is 5.91 Å². The number of hydrogen-bond donors (Lipinski definition) is 1. The molecule has 1 rings (SSSR count). The number of sulfonamides is 1. The van der Waals surface area contributed by atoms with Gasteiger partial charge in [-0.05, 0) is 37.6 Å². The minimum Gasteiger partial charge on any atom is -0.382 e. The second-order valence-corrected chi connectivity index (χ2v) is 6.84. The van der Waals surface area contributed by atoms with Crippen molar-refractivity contribution in [3.63, 3.8) is 0 Å². The highest BCUT2D eigenvalue weighted by atomic mass is 32.2. The Bertz CT molecular complexity index is 611. The van der Waals surface area contributed by atoms with Crippen LogP contribution in [0, 0.1) is 0 Å². The van der Waals surface area contributed by atoms with Crippen molar-refractivity contribution in [1.82, 2.24) is 5.32 Å². The lowest BCUT2D eigenvalue weighted by molar-refractivity contribution is 0.0944. The van der Waals surface area contributed by atoms with Crippen LogP contribution in [0.3, 0.4) is 0 Å². The van der Waals surface area contributed by atoms with E-state index in [-0.39, 0.29) is 12.5 Å². The molecule has 7 heteroatoms. The van der Waals surface area contributed by atoms with E-state index in [9.17, 15) is 13.2 Å². The Kier molecular flexibility index (Phi) is 7.77. The fraction of sp³-hybridized carbons (Fsp3) is 0.438. The van der Waals surface area contributed by atoms with E-state index < -0.39 is 10.0 Å². The monoisotopic (exact) mass is 340 g/mol. The molecule has 0 aliphatic carbocycles. The zero-order chi connectivity index (χ0) is 17.3. The van der Waals surface area contributed by atoms with Gasteiger partial charge in [0.05, 0.1) is 18.5 Å². The number of carbonyl (C=O) groups excluding carboxylic acids is 1. The first-order chi connectivity index (χ1) is 10.9. The van der Waals surface area contributed by atoms with Crippen LogP contribution < -0.4 is 9.62 Å². The normalized spacial score (nSPS) is 11.0. The number of amides is 1. The molecule has 0 fully saturated rings. The highest BCUT2D eigenvalue weighted by Crippen LogP contribution is 2.18. The third-order valence-electron chi connectivity index (χ3n) is 3.07. The summed E-state index contributed by atoms with van der Waals surface area (Å²) in [6, 6.07) is 6.43. The summed E-state index contributed by atoms with van der Waals surface area (Å²) in [5.74, 6) is -0.192. The topological polar surface area (TPSA) is 75.7 Å². The third-order valence-corrected chi connectivity index (χ3v) is 4.23. The molecule has 0 aliphatic heterocycles. The lowest BCUT2D eigenvalue weighted by atomic mass is 10.2. The first-order valence-corrected chi connectivity index (χ1v) is 9.29. The third kappa shape index (κ3) is 6.42. The van der Waals surface area contributed by atoms with Gasteiger partial charge in [-0.25, -0.2) is 8.42 Å². The zero-order valence-corrected chi connectivity index (χ0v) is 14.4. The molecule has 1 N–H and O–H groups in total. The molecular weight excluding hydrogens is 316 g/mol. The molecular formula is C16H24N2O4S. The van der Waals surface area contributed by atoms with Gasteiger partial charge in [0.15, 0.2) is 0 Å². The number of anilines is 1. The van der Waals surface area contributed by atoms with E-state index in [1.165, 1.54) is 10.4 Å². The van der Waals surface area contributed by atoms with Gasteiger partial charge in [-0.15, -0.1) is 6.58 Å². The highest BCUT2D eigenvalue weighted by Gasteiger charge is 2.16. The van der Waals surface area contributed by atoms with E-state index >= 15 is 0 Å². The van der Waals surface area contributed by atoms with E-state index in [4.69, 9.17) is 4.74 Å². The number of hydrogen-bond acceptors (Lipinski definition) is 4. The van der Waals surface area contributed by atoms with Gasteiger partial charge in [-0.2, -0.15) is 0 Å². The van der Waals surface area contributed by atoms with Crippen LogP contribution in [0.1, 0.15) is 23.7 Å². The summed E-state index contributed by atoms with van der Waals surface area (Å²) in [4.78, 5) is 12.0. The lowest BCUT2D eigenvalue weighted by Crippen LogP contribution is -2.30. The smallest absolute Gasteiger partial charge is 0.251 e. The van der Waals surface area contributed by atoms with Crippen molar-refractivity contribution in [2.45, 2.75) is 13.3 Å². The van der Waals surface area contributed by atoms with Gasteiger partial charge in [0.2, 0.25) is 10.0 Å². The fourth-order valence-electron chi connectivity index (χ4n) is 1.95. The van der Waals surface area contributed by atoms with E-state index in [0.717, 1.165) is 12.7 Å². The molecule has 0 unspecified atom stereocenters. The van der Waals surface area contributed by atoms with Gasteiger partial charge >= 0.3 is 0 Å². The molecule has 1 aromatic carbocycles. The predicted molar refractivity (Wildman–Crippen MR) is 92.3 cm³/mol. The van der Waals surface area contributed by atoms with Gasteiger partial charge in [-0.1, -0.05) is 6.08 Å². The van der Waals surface area contributed by atoms with Crippen LogP contribution in [0.25, 0.3) is 0 Å². The van der Waals surface area contributed by atoms with Crippen molar-refractivity contribution in [2.24, 2.45) is 0 Å². The standard InChI is InChI=1S/C16H24N2O4S/c1-4-12-18(23(3,20)21)15-9-7-14(8-10-15)16(19)17-11-6-13-22-5-2/h4,7-10H,1,5-6,11-13H2,2-3H3,(H,17,19). The van der Waals surface area contributed by atoms with Crippen LogP contribution in [-0.4, -0.2) is 46.9 Å². The van der Waals surface area contributed by atoms with E-state index in [1.54, 1.807) is 24.3 Å². The fourth-order valence-corrected chi connectivity index (χ4v) is 2.83. The van der Waals surface area contributed by atoms with E-state index in [2.05, 4.69) is 11.9 Å². The highest BCUT2D eigenvalue weighted by molar-refractivity contribution is 7.92. The molecule has 0 aliphatic rings. The summed E-state index contributed by atoms with van der Waals surface area (Å²) in [6.07, 6.45) is 3.40. The molecule has 0 spiro atoms. The Labute approximate surface area is 138 Å². The molecule has 6 nitrogen and oxygen atoms in total. The van der Waals surface area contributed by atoms with Gasteiger partial charge < -0.3 is 10.1 Å². The maximum atomic E-state index is 12.0. The molecule has 0 heterocycles. The first kappa shape index (κ1) is 19.2. The van der Waals surface area contributed by atoms with E-state index in [0.29, 0.717) is 31.0 Å². The van der Waals surface area contributed by atoms with Gasteiger partial charge in [0, 0.05) is 25.3 Å². The Balaban J connectivity index is 2.68. The molecule has 0 radical (unpaired) electrons. The van der Waals surface area contributed by atoms with Crippen LogP contribution in [-0.2, 0) is 14.8 Å². The molecule has 0 saturated carbocycles. The van der Waals surface area contributed by atoms with Crippen molar-refractivity contribution in [3.05, 3.63) is 42.5 Å². The minimum atomic E-state index is -3.39. The molecule has 0 bridgehead atoms. The summed E-state index contributed by atoms with van der Waals surface area (Å²) in [7, 11) is -3.39. The van der Waals surface area contributed by atoms with Crippen LogP contribution in [0.2, 0.25) is 0 Å². The minimum absolute atomic E-state index is 0.182. The number of ether oxygens (including phenoxy) is 1. The summed E-state index contributed by atoms with van der Waals surface area (Å²) < 4.78 is 29.9. The van der Waals surface area contributed by atoms with Crippen molar-refractivity contribution in [1.29, 1.82) is 0 Å². The van der Waals surface area contributed by atoms with Crippen molar-refractivity contribution >= 4 is 21.6 Å². The maximum absolute atomic E-state index is 12.0. The summed E-state index contributed by atoms with van der Waals surface area (Å²) in [6.45, 7) is 7.47. The van der Waals surface area contributed by atoms with Crippen LogP contribution >= 0.6 is 0 Å². The lowest BCUT2D eigenvalue weighted by Gasteiger charge is -2.20. The van der Waals surface area contributed by atoms with Gasteiger partial charge in [0.1, 0.15) is 0 Å². The summed E-state index contributed by atoms with van der Waals surface area (Å²) in [5, 5.41) is 2.79. The Morgan fingerprint density at radius 2 is 2.00 bits per heavy atom. The molecule has 0 aromatic heterocycles. The Morgan fingerprint density at radius 1 is 1.35 bits per heavy atom. The van der Waals surface area contributed by atoms with Gasteiger partial charge in [-0.3, -0.25) is 9.10 Å². The number of carbonyl (C=O) groups is 1. The Hall–Kier alpha value is -1.86. The molecule has 128 valence electrons. The molecule has 0 atom stereocenters. The van der Waals surface area contributed by atoms with Crippen LogP contribution in [0.4, 0.5) is 5.69 Å². The second-order valence-electron chi connectivity index (χ2n) is 4.94. The number of benzene rings is 1. The summed E-state index contributed by atoms with van der Waals surface area (Å²) in [5.41, 5.74) is 0.984. The molecule has 1 amide bonds. The zero-order valence-electron chi connectivity index (χ0n) is 13.6. The first-order valence-electron chi connectivity index (χ1n) is 7.44. The molecule has 23 heavy (non-hydrogen) atoms. The predicted octanol–water partition coefficient (Wildman–Crippen LogP) is 1.80. The number of nitrogens with zero attached hydrogens (tertiary/aromatic N) is 1. The van der Waals surface area contributed by atoms with Crippen molar-refractivity contribution in [3.8, 4) is 0 Å². The average Bonchev–Trinajstić information content (AvgIpc) is 2.51. The van der Waals surface area contributed by atoms with Crippen LogP contribution in [0.5, 0.6) is 0 Å². The SMILES string of the molecule is C=CCN(c1ccc(C(=O)NCCCOCC)cc1)S(C)(=O)=O. The maximum Gasteiger partial charge on any atom is 0.251 e. The largest absolute Gasteiger partial charge is 0.382 e. The number of nitrogens with one attached hydrogen (secondary N) is 1. The van der Waals surface area contributed by atoms with Crippen LogP contribution in [0.15, 0.2) is 36.9 Å². The molecule has 0 saturated heterocycles. The Morgan fingerprint density at radius 3 is 2.52 bits per heavy atom. The van der Waals surface area contributed by atoms with E-state index in [1.807, 2.05) is 6.92 Å². The van der Waals surface area contributed by atoms with Crippen molar-refractivity contribution < 1.29 is 17.9 Å². The average molecular weight is 340 g/mol. The van der Waals surface area contributed by atoms with Crippen molar-refractivity contribution in [2.75, 3.05) is 36.9 Å². The second kappa shape index (κ2) is 9.32. The number of rotatable bonds is 10.